The van der Waals surface area contributed by atoms with Crippen LogP contribution in [0.15, 0.2) is 24.3 Å². The Hall–Kier alpha value is -1.95. The number of carbonyl (C=O) groups excluding carboxylic acids is 1. The van der Waals surface area contributed by atoms with E-state index in [1.807, 2.05) is 34.6 Å². The van der Waals surface area contributed by atoms with Crippen molar-refractivity contribution < 1.29 is 4.79 Å². The van der Waals surface area contributed by atoms with Gasteiger partial charge < -0.3 is 4.90 Å². The van der Waals surface area contributed by atoms with Crippen LogP contribution in [-0.2, 0) is 11.3 Å². The zero-order chi connectivity index (χ0) is 17.8. The van der Waals surface area contributed by atoms with Gasteiger partial charge in [-0.25, -0.2) is 0 Å². The van der Waals surface area contributed by atoms with Gasteiger partial charge in [0, 0.05) is 18.2 Å². The Morgan fingerprint density at radius 2 is 2.12 bits per heavy atom. The van der Waals surface area contributed by atoms with E-state index in [9.17, 15) is 4.79 Å². The summed E-state index contributed by atoms with van der Waals surface area (Å²) in [7, 11) is 0. The van der Waals surface area contributed by atoms with Crippen molar-refractivity contribution in [3.8, 4) is 11.4 Å². The second-order valence-corrected chi connectivity index (χ2v) is 7.17. The van der Waals surface area contributed by atoms with Crippen molar-refractivity contribution in [1.29, 1.82) is 0 Å². The van der Waals surface area contributed by atoms with E-state index in [4.69, 9.17) is 12.2 Å². The lowest BCUT2D eigenvalue weighted by Gasteiger charge is -2.33. The van der Waals surface area contributed by atoms with Gasteiger partial charge in [-0.2, -0.15) is 5.10 Å². The molecule has 1 aromatic heterocycles. The second-order valence-electron chi connectivity index (χ2n) is 6.78. The fourth-order valence-corrected chi connectivity index (χ4v) is 3.92. The average molecular weight is 359 g/mol. The Kier molecular flexibility index (Phi) is 5.68. The molecule has 0 atom stereocenters. The largest absolute Gasteiger partial charge is 0.338 e. The van der Waals surface area contributed by atoms with Crippen LogP contribution in [0.2, 0.25) is 0 Å². The lowest BCUT2D eigenvalue weighted by Crippen LogP contribution is -2.43. The van der Waals surface area contributed by atoms with E-state index in [2.05, 4.69) is 23.2 Å². The third kappa shape index (κ3) is 4.00. The van der Waals surface area contributed by atoms with Crippen LogP contribution in [-0.4, -0.2) is 38.2 Å². The van der Waals surface area contributed by atoms with E-state index >= 15 is 0 Å². The van der Waals surface area contributed by atoms with Crippen LogP contribution in [0.5, 0.6) is 0 Å². The molecule has 2 aromatic rings. The van der Waals surface area contributed by atoms with Crippen LogP contribution in [0, 0.1) is 11.7 Å². The number of aromatic nitrogens is 3. The predicted octanol–water partition coefficient (Wildman–Crippen LogP) is 4.10. The Morgan fingerprint density at radius 3 is 2.80 bits per heavy atom. The maximum atomic E-state index is 13.0. The molecule has 0 spiro atoms. The summed E-state index contributed by atoms with van der Waals surface area (Å²) in [6.45, 7) is 5.09. The highest BCUT2D eigenvalue weighted by Gasteiger charge is 2.25. The van der Waals surface area contributed by atoms with Gasteiger partial charge in [0.15, 0.2) is 10.6 Å². The molecule has 5 nitrogen and oxygen atoms in total. The average Bonchev–Trinajstić information content (AvgIpc) is 2.97. The van der Waals surface area contributed by atoms with E-state index in [1.165, 1.54) is 19.3 Å². The van der Waals surface area contributed by atoms with Crippen molar-refractivity contribution in [2.45, 2.75) is 58.5 Å². The Bertz CT molecular complexity index is 789. The minimum absolute atomic E-state index is 0.126. The van der Waals surface area contributed by atoms with Gasteiger partial charge in [0.25, 0.3) is 0 Å². The van der Waals surface area contributed by atoms with Gasteiger partial charge in [0.2, 0.25) is 5.91 Å². The van der Waals surface area contributed by atoms with E-state index in [1.54, 1.807) is 0 Å². The molecule has 1 amide bonds. The second kappa shape index (κ2) is 7.95. The van der Waals surface area contributed by atoms with Crippen molar-refractivity contribution in [3.05, 3.63) is 34.6 Å². The van der Waals surface area contributed by atoms with E-state index < -0.39 is 0 Å². The van der Waals surface area contributed by atoms with Gasteiger partial charge in [-0.05, 0) is 45.0 Å². The molecule has 1 saturated carbocycles. The molecule has 3 rings (SSSR count). The van der Waals surface area contributed by atoms with Gasteiger partial charge in [-0.1, -0.05) is 43.0 Å². The fraction of sp³-hybridized carbons (Fsp3) is 0.526. The maximum Gasteiger partial charge on any atom is 0.242 e. The topological polar surface area (TPSA) is 53.9 Å². The van der Waals surface area contributed by atoms with Crippen LogP contribution in [0.4, 0.5) is 0 Å². The number of aromatic amines is 1. The van der Waals surface area contributed by atoms with E-state index in [0.29, 0.717) is 10.8 Å². The highest BCUT2D eigenvalue weighted by molar-refractivity contribution is 7.71. The summed E-state index contributed by atoms with van der Waals surface area (Å²) in [6, 6.07) is 8.47. The number of likely N-dealkylation sites (N-methyl/N-ethyl adjacent to an activating group) is 1. The van der Waals surface area contributed by atoms with Crippen molar-refractivity contribution in [1.82, 2.24) is 19.7 Å². The number of nitrogens with zero attached hydrogens (tertiary/aromatic N) is 3. The molecule has 0 radical (unpaired) electrons. The van der Waals surface area contributed by atoms with Crippen molar-refractivity contribution >= 4 is 18.1 Å². The van der Waals surface area contributed by atoms with E-state index in [-0.39, 0.29) is 12.5 Å². The SMILES string of the molecule is CCN(C(=O)Cn1c(-c2cccc(C)c2)n[nH]c1=S)C1CCCCC1. The van der Waals surface area contributed by atoms with E-state index in [0.717, 1.165) is 36.3 Å². The first kappa shape index (κ1) is 17.9. The summed E-state index contributed by atoms with van der Waals surface area (Å²) < 4.78 is 2.31. The molecule has 1 aromatic carbocycles. The lowest BCUT2D eigenvalue weighted by molar-refractivity contribution is -0.134. The minimum Gasteiger partial charge on any atom is -0.338 e. The number of benzene rings is 1. The monoisotopic (exact) mass is 358 g/mol. The number of hydrogen-bond acceptors (Lipinski definition) is 3. The first-order valence-corrected chi connectivity index (χ1v) is 9.52. The zero-order valence-corrected chi connectivity index (χ0v) is 15.8. The zero-order valence-electron chi connectivity index (χ0n) is 15.0. The predicted molar refractivity (Wildman–Crippen MR) is 102 cm³/mol. The van der Waals surface area contributed by atoms with Gasteiger partial charge >= 0.3 is 0 Å². The molecule has 0 unspecified atom stereocenters. The first-order chi connectivity index (χ1) is 12.1. The number of amides is 1. The van der Waals surface area contributed by atoms with Crippen molar-refractivity contribution in [2.24, 2.45) is 0 Å². The summed E-state index contributed by atoms with van der Waals surface area (Å²) in [6.07, 6.45) is 5.94. The van der Waals surface area contributed by atoms with Crippen molar-refractivity contribution in [2.75, 3.05) is 6.54 Å². The minimum atomic E-state index is 0.126. The van der Waals surface area contributed by atoms with Crippen LogP contribution < -0.4 is 0 Å². The van der Waals surface area contributed by atoms with Crippen LogP contribution in [0.1, 0.15) is 44.6 Å². The molecular weight excluding hydrogens is 332 g/mol. The third-order valence-corrected chi connectivity index (χ3v) is 5.32. The maximum absolute atomic E-state index is 13.0. The first-order valence-electron chi connectivity index (χ1n) is 9.12. The normalized spacial score (nSPS) is 15.3. The van der Waals surface area contributed by atoms with Crippen LogP contribution in [0.25, 0.3) is 11.4 Å². The highest BCUT2D eigenvalue weighted by atomic mass is 32.1. The molecule has 1 aliphatic rings. The molecule has 25 heavy (non-hydrogen) atoms. The Labute approximate surface area is 154 Å². The summed E-state index contributed by atoms with van der Waals surface area (Å²) in [5.41, 5.74) is 2.13. The summed E-state index contributed by atoms with van der Waals surface area (Å²) in [5.74, 6) is 0.850. The number of rotatable bonds is 5. The molecule has 0 bridgehead atoms. The van der Waals surface area contributed by atoms with Gasteiger partial charge in [0.05, 0.1) is 0 Å². The summed E-state index contributed by atoms with van der Waals surface area (Å²) >= 11 is 5.38. The third-order valence-electron chi connectivity index (χ3n) is 5.00. The van der Waals surface area contributed by atoms with Crippen LogP contribution >= 0.6 is 12.2 Å². The number of nitrogens with one attached hydrogen (secondary N) is 1. The Morgan fingerprint density at radius 1 is 1.36 bits per heavy atom. The molecule has 1 aliphatic carbocycles. The quantitative estimate of drug-likeness (QED) is 0.819. The lowest BCUT2D eigenvalue weighted by atomic mass is 9.94. The summed E-state index contributed by atoms with van der Waals surface area (Å²) in [5, 5.41) is 7.19. The van der Waals surface area contributed by atoms with Crippen LogP contribution in [0.3, 0.4) is 0 Å². The molecule has 134 valence electrons. The molecule has 1 N–H and O–H groups in total. The van der Waals surface area contributed by atoms with Gasteiger partial charge in [-0.15, -0.1) is 0 Å². The van der Waals surface area contributed by atoms with Gasteiger partial charge in [-0.3, -0.25) is 14.5 Å². The summed E-state index contributed by atoms with van der Waals surface area (Å²) in [4.78, 5) is 15.0. The number of carbonyl (C=O) groups is 1. The standard InChI is InChI=1S/C19H26N4OS/c1-3-22(16-10-5-4-6-11-16)17(24)13-23-18(20-21-19(23)25)15-9-7-8-14(2)12-15/h7-9,12,16H,3-6,10-11,13H2,1-2H3,(H,21,25). The molecule has 0 saturated heterocycles. The highest BCUT2D eigenvalue weighted by Crippen LogP contribution is 2.24. The smallest absolute Gasteiger partial charge is 0.242 e. The molecule has 6 heteroatoms. The van der Waals surface area contributed by atoms with Crippen molar-refractivity contribution in [3.63, 3.8) is 0 Å². The number of hydrogen-bond donors (Lipinski definition) is 1. The number of aryl methyl sites for hydroxylation is 1. The van der Waals surface area contributed by atoms with Gasteiger partial charge in [0.1, 0.15) is 6.54 Å². The number of H-pyrrole nitrogens is 1. The molecular formula is C19H26N4OS. The Balaban J connectivity index is 1.83. The fourth-order valence-electron chi connectivity index (χ4n) is 3.73. The molecule has 1 fully saturated rings. The molecule has 1 heterocycles. The molecule has 0 aliphatic heterocycles.